The number of nitrogens with one attached hydrogen (secondary N) is 3. The van der Waals surface area contributed by atoms with Crippen LogP contribution in [0.2, 0.25) is 5.02 Å². The summed E-state index contributed by atoms with van der Waals surface area (Å²) in [6.45, 7) is 1.73. The van der Waals surface area contributed by atoms with Gasteiger partial charge in [0.25, 0.3) is 5.91 Å². The van der Waals surface area contributed by atoms with Crippen LogP contribution in [0.1, 0.15) is 17.5 Å². The van der Waals surface area contributed by atoms with Gasteiger partial charge in [-0.25, -0.2) is 4.98 Å². The molecule has 0 aliphatic rings. The molecule has 1 aromatic carbocycles. The Bertz CT molecular complexity index is 909. The minimum Gasteiger partial charge on any atom is -0.459 e. The maximum absolute atomic E-state index is 12.2. The van der Waals surface area contributed by atoms with Crippen LogP contribution in [-0.4, -0.2) is 22.8 Å². The highest BCUT2D eigenvalue weighted by Gasteiger charge is 2.14. The van der Waals surface area contributed by atoms with Crippen molar-refractivity contribution >= 4 is 40.6 Å². The summed E-state index contributed by atoms with van der Waals surface area (Å²) in [7, 11) is 0. The first-order valence-corrected chi connectivity index (χ1v) is 8.53. The molecule has 0 spiro atoms. The molecule has 3 rings (SSSR count). The zero-order chi connectivity index (χ0) is 19.2. The fourth-order valence-electron chi connectivity index (χ4n) is 2.25. The second-order valence-corrected chi connectivity index (χ2v) is 6.16. The van der Waals surface area contributed by atoms with Gasteiger partial charge in [0.15, 0.2) is 5.76 Å². The summed E-state index contributed by atoms with van der Waals surface area (Å²) >= 11 is 5.77. The third-order valence-electron chi connectivity index (χ3n) is 3.64. The largest absolute Gasteiger partial charge is 0.459 e. The summed E-state index contributed by atoms with van der Waals surface area (Å²) in [5.74, 6) is 0.0938. The molecule has 7 nitrogen and oxygen atoms in total. The van der Waals surface area contributed by atoms with E-state index in [9.17, 15) is 9.59 Å². The lowest BCUT2D eigenvalue weighted by molar-refractivity contribution is -0.116. The van der Waals surface area contributed by atoms with Gasteiger partial charge in [-0.1, -0.05) is 11.6 Å². The van der Waals surface area contributed by atoms with Gasteiger partial charge in [0.1, 0.15) is 11.9 Å². The molecule has 2 amide bonds. The Hall–Kier alpha value is -3.32. The number of rotatable bonds is 6. The number of hydrogen-bond acceptors (Lipinski definition) is 5. The molecule has 0 aliphatic carbocycles. The minimum atomic E-state index is -0.494. The maximum atomic E-state index is 12.2. The zero-order valence-electron chi connectivity index (χ0n) is 14.4. The molecular formula is C19H17ClN4O3. The molecule has 0 bridgehead atoms. The van der Waals surface area contributed by atoms with Crippen LogP contribution in [0.4, 0.5) is 17.2 Å². The summed E-state index contributed by atoms with van der Waals surface area (Å²) in [5, 5.41) is 9.01. The van der Waals surface area contributed by atoms with Crippen molar-refractivity contribution in [3.05, 3.63) is 71.8 Å². The van der Waals surface area contributed by atoms with Gasteiger partial charge in [0.05, 0.1) is 11.3 Å². The van der Waals surface area contributed by atoms with Crippen molar-refractivity contribution in [1.29, 1.82) is 0 Å². The lowest BCUT2D eigenvalue weighted by atomic mass is 10.2. The molecule has 138 valence electrons. The Morgan fingerprint density at radius 3 is 2.41 bits per heavy atom. The van der Waals surface area contributed by atoms with Gasteiger partial charge in [0, 0.05) is 17.6 Å². The van der Waals surface area contributed by atoms with E-state index in [1.807, 2.05) is 0 Å². The molecule has 0 saturated heterocycles. The van der Waals surface area contributed by atoms with Crippen LogP contribution in [0, 0.1) is 0 Å². The van der Waals surface area contributed by atoms with Gasteiger partial charge in [-0.05, 0) is 55.5 Å². The summed E-state index contributed by atoms with van der Waals surface area (Å²) in [6, 6.07) is 13.0. The Balaban J connectivity index is 1.54. The second kappa shape index (κ2) is 8.37. The molecular weight excluding hydrogens is 368 g/mol. The predicted octanol–water partition coefficient (Wildman–Crippen LogP) is 4.02. The van der Waals surface area contributed by atoms with E-state index >= 15 is 0 Å². The van der Waals surface area contributed by atoms with Gasteiger partial charge in [-0.3, -0.25) is 9.59 Å². The molecule has 0 fully saturated rings. The van der Waals surface area contributed by atoms with Crippen LogP contribution in [0.3, 0.4) is 0 Å². The summed E-state index contributed by atoms with van der Waals surface area (Å²) in [6.07, 6.45) is 2.90. The average molecular weight is 385 g/mol. The first kappa shape index (κ1) is 18.5. The SMILES string of the molecule is CC(Nc1ccc(NC(=O)c2ccco2)cc1)C(=O)Nc1ccc(Cl)cn1. The maximum Gasteiger partial charge on any atom is 0.291 e. The third kappa shape index (κ3) is 5.08. The molecule has 1 atom stereocenters. The third-order valence-corrected chi connectivity index (χ3v) is 3.87. The first-order valence-electron chi connectivity index (χ1n) is 8.15. The number of carbonyl (C=O) groups is 2. The lowest BCUT2D eigenvalue weighted by Crippen LogP contribution is -2.32. The number of halogens is 1. The molecule has 0 aliphatic heterocycles. The van der Waals surface area contributed by atoms with Crippen LogP contribution in [-0.2, 0) is 4.79 Å². The van der Waals surface area contributed by atoms with Gasteiger partial charge in [-0.2, -0.15) is 0 Å². The molecule has 1 unspecified atom stereocenters. The van der Waals surface area contributed by atoms with E-state index in [2.05, 4.69) is 20.9 Å². The molecule has 27 heavy (non-hydrogen) atoms. The van der Waals surface area contributed by atoms with Crippen LogP contribution >= 0.6 is 11.6 Å². The highest BCUT2D eigenvalue weighted by molar-refractivity contribution is 6.30. The highest BCUT2D eigenvalue weighted by atomic mass is 35.5. The fraction of sp³-hybridized carbons (Fsp3) is 0.105. The number of benzene rings is 1. The second-order valence-electron chi connectivity index (χ2n) is 5.73. The number of carbonyl (C=O) groups excluding carboxylic acids is 2. The standard InChI is InChI=1S/C19H17ClN4O3/c1-12(18(25)24-17-9-4-13(20)11-21-17)22-14-5-7-15(8-6-14)23-19(26)16-3-2-10-27-16/h2-12,22H,1H3,(H,23,26)(H,21,24,25). The van der Waals surface area contributed by atoms with Gasteiger partial charge >= 0.3 is 0 Å². The van der Waals surface area contributed by atoms with Crippen LogP contribution in [0.15, 0.2) is 65.4 Å². The van der Waals surface area contributed by atoms with Gasteiger partial charge in [0.2, 0.25) is 5.91 Å². The zero-order valence-corrected chi connectivity index (χ0v) is 15.2. The molecule has 0 saturated carbocycles. The number of anilines is 3. The van der Waals surface area contributed by atoms with Crippen molar-refractivity contribution < 1.29 is 14.0 Å². The summed E-state index contributed by atoms with van der Waals surface area (Å²) < 4.78 is 5.04. The molecule has 0 radical (unpaired) electrons. The highest BCUT2D eigenvalue weighted by Crippen LogP contribution is 2.16. The molecule has 8 heteroatoms. The number of hydrogen-bond donors (Lipinski definition) is 3. The summed E-state index contributed by atoms with van der Waals surface area (Å²) in [5.41, 5.74) is 1.35. The van der Waals surface area contributed by atoms with E-state index in [0.29, 0.717) is 16.5 Å². The van der Waals surface area contributed by atoms with E-state index in [4.69, 9.17) is 16.0 Å². The number of nitrogens with zero attached hydrogens (tertiary/aromatic N) is 1. The molecule has 3 aromatic rings. The smallest absolute Gasteiger partial charge is 0.291 e. The molecule has 2 aromatic heterocycles. The van der Waals surface area contributed by atoms with Crippen molar-refractivity contribution in [3.8, 4) is 0 Å². The minimum absolute atomic E-state index is 0.235. The topological polar surface area (TPSA) is 96.3 Å². The predicted molar refractivity (Wildman–Crippen MR) is 104 cm³/mol. The van der Waals surface area contributed by atoms with Crippen LogP contribution in [0.5, 0.6) is 0 Å². The van der Waals surface area contributed by atoms with E-state index in [1.165, 1.54) is 12.5 Å². The monoisotopic (exact) mass is 384 g/mol. The van der Waals surface area contributed by atoms with Crippen molar-refractivity contribution in [2.75, 3.05) is 16.0 Å². The van der Waals surface area contributed by atoms with Crippen LogP contribution < -0.4 is 16.0 Å². The summed E-state index contributed by atoms with van der Waals surface area (Å²) in [4.78, 5) is 28.2. The normalized spacial score (nSPS) is 11.5. The Morgan fingerprint density at radius 1 is 1.04 bits per heavy atom. The van der Waals surface area contributed by atoms with E-state index in [0.717, 1.165) is 5.69 Å². The van der Waals surface area contributed by atoms with E-state index in [-0.39, 0.29) is 17.6 Å². The Morgan fingerprint density at radius 2 is 1.78 bits per heavy atom. The van der Waals surface area contributed by atoms with Crippen molar-refractivity contribution in [2.45, 2.75) is 13.0 Å². The number of pyridine rings is 1. The van der Waals surface area contributed by atoms with E-state index < -0.39 is 6.04 Å². The van der Waals surface area contributed by atoms with Crippen molar-refractivity contribution in [1.82, 2.24) is 4.98 Å². The number of amides is 2. The lowest BCUT2D eigenvalue weighted by Gasteiger charge is -2.15. The van der Waals surface area contributed by atoms with Gasteiger partial charge < -0.3 is 20.4 Å². The number of furan rings is 1. The quantitative estimate of drug-likeness (QED) is 0.596. The van der Waals surface area contributed by atoms with E-state index in [1.54, 1.807) is 55.5 Å². The first-order chi connectivity index (χ1) is 13.0. The van der Waals surface area contributed by atoms with Crippen molar-refractivity contribution in [3.63, 3.8) is 0 Å². The average Bonchev–Trinajstić information content (AvgIpc) is 3.20. The Labute approximate surface area is 160 Å². The molecule has 3 N–H and O–H groups in total. The molecule has 2 heterocycles. The Kier molecular flexibility index (Phi) is 5.73. The number of aromatic nitrogens is 1. The van der Waals surface area contributed by atoms with Gasteiger partial charge in [-0.15, -0.1) is 0 Å². The fourth-order valence-corrected chi connectivity index (χ4v) is 2.36. The van der Waals surface area contributed by atoms with Crippen molar-refractivity contribution in [2.24, 2.45) is 0 Å². The van der Waals surface area contributed by atoms with Crippen LogP contribution in [0.25, 0.3) is 0 Å².